The third-order valence-electron chi connectivity index (χ3n) is 2.95. The van der Waals surface area contributed by atoms with E-state index >= 15 is 0 Å². The van der Waals surface area contributed by atoms with Crippen molar-refractivity contribution < 1.29 is 4.39 Å². The molecule has 0 amide bonds. The van der Waals surface area contributed by atoms with E-state index < -0.39 is 0 Å². The van der Waals surface area contributed by atoms with Gasteiger partial charge >= 0.3 is 0 Å². The average molecular weight is 251 g/mol. The molecule has 1 aromatic carbocycles. The number of hydrogen-bond acceptors (Lipinski definition) is 2. The van der Waals surface area contributed by atoms with E-state index in [4.69, 9.17) is 11.1 Å². The second-order valence-electron chi connectivity index (χ2n) is 4.66. The number of nitrogen functional groups attached to an aromatic ring is 1. The molecule has 0 radical (unpaired) electrons. The predicted octanol–water partition coefficient (Wildman–Crippen LogP) is 2.73. The van der Waals surface area contributed by atoms with Crippen LogP contribution in [0.5, 0.6) is 0 Å². The highest BCUT2D eigenvalue weighted by atomic mass is 19.1. The standard InChI is InChI=1S/C14H22FN3/c1-3-4-5-8-18(2)10-12-7-6-11(14(16)17)9-13(12)15/h6-7,9H,3-5,8,10H2,1-2H3,(H3,16,17). The SMILES string of the molecule is CCCCCN(C)Cc1ccc(C(=N)N)cc1F. The highest BCUT2D eigenvalue weighted by Crippen LogP contribution is 2.12. The molecule has 0 unspecified atom stereocenters. The van der Waals surface area contributed by atoms with Crippen LogP contribution in [-0.2, 0) is 6.54 Å². The number of hydrogen-bond donors (Lipinski definition) is 2. The minimum Gasteiger partial charge on any atom is -0.384 e. The summed E-state index contributed by atoms with van der Waals surface area (Å²) in [5.41, 5.74) is 6.41. The Morgan fingerprint density at radius 3 is 2.67 bits per heavy atom. The van der Waals surface area contributed by atoms with E-state index in [2.05, 4.69) is 11.8 Å². The number of rotatable bonds is 7. The maximum absolute atomic E-state index is 13.8. The van der Waals surface area contributed by atoms with E-state index in [1.165, 1.54) is 18.9 Å². The first kappa shape index (κ1) is 14.6. The molecule has 1 rings (SSSR count). The minimum absolute atomic E-state index is 0.100. The first-order chi connectivity index (χ1) is 8.54. The van der Waals surface area contributed by atoms with Gasteiger partial charge in [0, 0.05) is 17.7 Å². The van der Waals surface area contributed by atoms with E-state index in [1.807, 2.05) is 7.05 Å². The summed E-state index contributed by atoms with van der Waals surface area (Å²) in [6, 6.07) is 4.74. The molecule has 4 heteroatoms. The molecule has 0 aliphatic carbocycles. The first-order valence-electron chi connectivity index (χ1n) is 6.36. The van der Waals surface area contributed by atoms with Gasteiger partial charge < -0.3 is 10.6 Å². The monoisotopic (exact) mass is 251 g/mol. The van der Waals surface area contributed by atoms with Gasteiger partial charge in [-0.05, 0) is 26.1 Å². The van der Waals surface area contributed by atoms with Crippen molar-refractivity contribution in [1.82, 2.24) is 4.90 Å². The maximum atomic E-state index is 13.8. The van der Waals surface area contributed by atoms with Crippen molar-refractivity contribution in [1.29, 1.82) is 5.41 Å². The topological polar surface area (TPSA) is 53.1 Å². The van der Waals surface area contributed by atoms with Crippen molar-refractivity contribution in [2.24, 2.45) is 5.73 Å². The Labute approximate surface area is 108 Å². The van der Waals surface area contributed by atoms with Crippen LogP contribution in [0, 0.1) is 11.2 Å². The molecule has 0 heterocycles. The Morgan fingerprint density at radius 2 is 2.11 bits per heavy atom. The van der Waals surface area contributed by atoms with Crippen LogP contribution in [0.3, 0.4) is 0 Å². The van der Waals surface area contributed by atoms with Gasteiger partial charge in [0.15, 0.2) is 0 Å². The lowest BCUT2D eigenvalue weighted by Gasteiger charge is -2.17. The quantitative estimate of drug-likeness (QED) is 0.445. The Morgan fingerprint density at radius 1 is 1.39 bits per heavy atom. The Kier molecular flexibility index (Phi) is 5.78. The summed E-state index contributed by atoms with van der Waals surface area (Å²) in [5.74, 6) is -0.387. The third-order valence-corrected chi connectivity index (χ3v) is 2.95. The molecule has 0 bridgehead atoms. The molecule has 0 aliphatic heterocycles. The van der Waals surface area contributed by atoms with E-state index in [1.54, 1.807) is 12.1 Å². The zero-order valence-electron chi connectivity index (χ0n) is 11.2. The van der Waals surface area contributed by atoms with E-state index in [0.29, 0.717) is 17.7 Å². The molecular formula is C14H22FN3. The molecule has 0 saturated carbocycles. The van der Waals surface area contributed by atoms with Gasteiger partial charge in [0.1, 0.15) is 11.7 Å². The summed E-state index contributed by atoms with van der Waals surface area (Å²) in [6.45, 7) is 3.73. The van der Waals surface area contributed by atoms with Gasteiger partial charge in [0.25, 0.3) is 0 Å². The van der Waals surface area contributed by atoms with Crippen molar-refractivity contribution >= 4 is 5.84 Å². The van der Waals surface area contributed by atoms with Crippen LogP contribution in [0.1, 0.15) is 37.3 Å². The number of unbranched alkanes of at least 4 members (excludes halogenated alkanes) is 2. The van der Waals surface area contributed by atoms with Crippen molar-refractivity contribution in [3.05, 3.63) is 35.1 Å². The van der Waals surface area contributed by atoms with Crippen LogP contribution in [0.2, 0.25) is 0 Å². The molecule has 100 valence electrons. The third kappa shape index (κ3) is 4.45. The van der Waals surface area contributed by atoms with Gasteiger partial charge in [-0.1, -0.05) is 31.9 Å². The highest BCUT2D eigenvalue weighted by molar-refractivity contribution is 5.94. The maximum Gasteiger partial charge on any atom is 0.128 e. The van der Waals surface area contributed by atoms with Gasteiger partial charge in [-0.25, -0.2) is 4.39 Å². The van der Waals surface area contributed by atoms with Gasteiger partial charge in [0.05, 0.1) is 0 Å². The molecule has 0 aromatic heterocycles. The smallest absolute Gasteiger partial charge is 0.128 e. The molecule has 0 fully saturated rings. The number of nitrogens with two attached hydrogens (primary N) is 1. The molecule has 18 heavy (non-hydrogen) atoms. The summed E-state index contributed by atoms with van der Waals surface area (Å²) in [7, 11) is 1.99. The summed E-state index contributed by atoms with van der Waals surface area (Å²) < 4.78 is 13.8. The van der Waals surface area contributed by atoms with Gasteiger partial charge in [-0.3, -0.25) is 5.41 Å². The van der Waals surface area contributed by atoms with E-state index in [-0.39, 0.29) is 11.7 Å². The van der Waals surface area contributed by atoms with Crippen molar-refractivity contribution in [2.45, 2.75) is 32.7 Å². The lowest BCUT2D eigenvalue weighted by atomic mass is 10.1. The van der Waals surface area contributed by atoms with Crippen molar-refractivity contribution in [3.8, 4) is 0 Å². The number of nitrogens with one attached hydrogen (secondary N) is 1. The zero-order chi connectivity index (χ0) is 13.5. The molecular weight excluding hydrogens is 229 g/mol. The van der Waals surface area contributed by atoms with Crippen LogP contribution in [-0.4, -0.2) is 24.3 Å². The number of nitrogens with zero attached hydrogens (tertiary/aromatic N) is 1. The van der Waals surface area contributed by atoms with Crippen LogP contribution < -0.4 is 5.73 Å². The number of halogens is 1. The zero-order valence-corrected chi connectivity index (χ0v) is 11.2. The summed E-state index contributed by atoms with van der Waals surface area (Å²) in [5, 5.41) is 7.26. The fourth-order valence-corrected chi connectivity index (χ4v) is 1.84. The number of benzene rings is 1. The van der Waals surface area contributed by atoms with E-state index in [9.17, 15) is 4.39 Å². The van der Waals surface area contributed by atoms with Gasteiger partial charge in [0.2, 0.25) is 0 Å². The fourth-order valence-electron chi connectivity index (χ4n) is 1.84. The normalized spacial score (nSPS) is 10.9. The lowest BCUT2D eigenvalue weighted by Crippen LogP contribution is -2.20. The second-order valence-corrected chi connectivity index (χ2v) is 4.66. The van der Waals surface area contributed by atoms with Crippen molar-refractivity contribution in [3.63, 3.8) is 0 Å². The number of amidine groups is 1. The fraction of sp³-hybridized carbons (Fsp3) is 0.500. The molecule has 3 nitrogen and oxygen atoms in total. The van der Waals surface area contributed by atoms with Crippen molar-refractivity contribution in [2.75, 3.05) is 13.6 Å². The Balaban J connectivity index is 2.59. The molecule has 3 N–H and O–H groups in total. The predicted molar refractivity (Wildman–Crippen MR) is 73.3 cm³/mol. The molecule has 0 aliphatic rings. The molecule has 0 saturated heterocycles. The van der Waals surface area contributed by atoms with Gasteiger partial charge in [-0.2, -0.15) is 0 Å². The lowest BCUT2D eigenvalue weighted by molar-refractivity contribution is 0.313. The Bertz CT molecular complexity index is 404. The summed E-state index contributed by atoms with van der Waals surface area (Å²) in [4.78, 5) is 2.11. The molecule has 0 atom stereocenters. The van der Waals surface area contributed by atoms with E-state index in [0.717, 1.165) is 13.0 Å². The second kappa shape index (κ2) is 7.11. The molecule has 1 aromatic rings. The van der Waals surface area contributed by atoms with Crippen LogP contribution in [0.25, 0.3) is 0 Å². The van der Waals surface area contributed by atoms with Crippen LogP contribution >= 0.6 is 0 Å². The highest BCUT2D eigenvalue weighted by Gasteiger charge is 2.07. The largest absolute Gasteiger partial charge is 0.384 e. The minimum atomic E-state index is -0.287. The Hall–Kier alpha value is -1.42. The van der Waals surface area contributed by atoms with Gasteiger partial charge in [-0.15, -0.1) is 0 Å². The van der Waals surface area contributed by atoms with Crippen LogP contribution in [0.4, 0.5) is 4.39 Å². The first-order valence-corrected chi connectivity index (χ1v) is 6.36. The average Bonchev–Trinajstić information content (AvgIpc) is 2.32. The van der Waals surface area contributed by atoms with Crippen LogP contribution in [0.15, 0.2) is 18.2 Å². The summed E-state index contributed by atoms with van der Waals surface area (Å²) in [6.07, 6.45) is 3.53. The molecule has 0 spiro atoms. The summed E-state index contributed by atoms with van der Waals surface area (Å²) >= 11 is 0.